The summed E-state index contributed by atoms with van der Waals surface area (Å²) in [5.74, 6) is 1.58. The van der Waals surface area contributed by atoms with Crippen molar-refractivity contribution in [2.24, 2.45) is 0 Å². The SMILES string of the molecule is CCc1cc2c(N3CCN(C(=O)c4ccc([N+](=O)[O-])cc4)CC3)nc(C)nc2s1. The van der Waals surface area contributed by atoms with Gasteiger partial charge in [0.25, 0.3) is 11.6 Å². The van der Waals surface area contributed by atoms with Gasteiger partial charge in [0.05, 0.1) is 10.3 Å². The van der Waals surface area contributed by atoms with Crippen LogP contribution in [0.3, 0.4) is 0 Å². The van der Waals surface area contributed by atoms with Gasteiger partial charge in [-0.05, 0) is 31.5 Å². The minimum absolute atomic E-state index is 0.0169. The lowest BCUT2D eigenvalue weighted by atomic mass is 10.1. The Hall–Kier alpha value is -3.07. The van der Waals surface area contributed by atoms with Gasteiger partial charge in [-0.25, -0.2) is 9.97 Å². The molecular formula is C20H21N5O3S. The molecule has 3 heterocycles. The summed E-state index contributed by atoms with van der Waals surface area (Å²) in [6.07, 6.45) is 0.969. The summed E-state index contributed by atoms with van der Waals surface area (Å²) in [5.41, 5.74) is 0.450. The molecule has 1 amide bonds. The monoisotopic (exact) mass is 411 g/mol. The number of carbonyl (C=O) groups excluding carboxylic acids is 1. The quantitative estimate of drug-likeness (QED) is 0.482. The lowest BCUT2D eigenvalue weighted by Crippen LogP contribution is -2.49. The fourth-order valence-corrected chi connectivity index (χ4v) is 4.51. The molecule has 0 spiro atoms. The summed E-state index contributed by atoms with van der Waals surface area (Å²) >= 11 is 1.71. The van der Waals surface area contributed by atoms with Crippen LogP contribution in [0.2, 0.25) is 0 Å². The topological polar surface area (TPSA) is 92.5 Å². The smallest absolute Gasteiger partial charge is 0.269 e. The van der Waals surface area contributed by atoms with E-state index in [-0.39, 0.29) is 11.6 Å². The molecule has 150 valence electrons. The number of thiophene rings is 1. The van der Waals surface area contributed by atoms with Crippen LogP contribution in [0.4, 0.5) is 11.5 Å². The van der Waals surface area contributed by atoms with Crippen molar-refractivity contribution in [3.05, 3.63) is 56.7 Å². The van der Waals surface area contributed by atoms with Crippen LogP contribution in [0.1, 0.15) is 28.0 Å². The van der Waals surface area contributed by atoms with Crippen molar-refractivity contribution in [1.82, 2.24) is 14.9 Å². The Morgan fingerprint density at radius 1 is 1.17 bits per heavy atom. The first-order valence-electron chi connectivity index (χ1n) is 9.52. The minimum atomic E-state index is -0.466. The molecule has 8 nitrogen and oxygen atoms in total. The number of non-ortho nitro benzene ring substituents is 1. The van der Waals surface area contributed by atoms with Crippen LogP contribution >= 0.6 is 11.3 Å². The summed E-state index contributed by atoms with van der Waals surface area (Å²) in [6, 6.07) is 7.93. The molecule has 29 heavy (non-hydrogen) atoms. The number of aryl methyl sites for hydroxylation is 2. The summed E-state index contributed by atoms with van der Waals surface area (Å²) in [7, 11) is 0. The van der Waals surface area contributed by atoms with E-state index in [9.17, 15) is 14.9 Å². The lowest BCUT2D eigenvalue weighted by Gasteiger charge is -2.35. The number of aromatic nitrogens is 2. The van der Waals surface area contributed by atoms with Crippen LogP contribution in [0.25, 0.3) is 10.2 Å². The summed E-state index contributed by atoms with van der Waals surface area (Å²) in [6.45, 7) is 6.55. The molecule has 1 fully saturated rings. The van der Waals surface area contributed by atoms with Crippen molar-refractivity contribution >= 4 is 39.0 Å². The van der Waals surface area contributed by atoms with E-state index in [0.29, 0.717) is 31.7 Å². The van der Waals surface area contributed by atoms with Crippen LogP contribution < -0.4 is 4.90 Å². The number of nitrogens with zero attached hydrogens (tertiary/aromatic N) is 5. The zero-order valence-corrected chi connectivity index (χ0v) is 17.1. The number of piperazine rings is 1. The number of rotatable bonds is 4. The van der Waals surface area contributed by atoms with Crippen LogP contribution in [0.15, 0.2) is 30.3 Å². The Labute approximate surface area is 171 Å². The van der Waals surface area contributed by atoms with Crippen molar-refractivity contribution in [3.63, 3.8) is 0 Å². The van der Waals surface area contributed by atoms with Crippen molar-refractivity contribution < 1.29 is 9.72 Å². The highest BCUT2D eigenvalue weighted by Gasteiger charge is 2.25. The van der Waals surface area contributed by atoms with E-state index in [1.807, 2.05) is 6.92 Å². The second-order valence-electron chi connectivity index (χ2n) is 6.96. The van der Waals surface area contributed by atoms with Gasteiger partial charge in [-0.2, -0.15) is 0 Å². The van der Waals surface area contributed by atoms with Crippen LogP contribution in [0, 0.1) is 17.0 Å². The zero-order chi connectivity index (χ0) is 20.5. The summed E-state index contributed by atoms with van der Waals surface area (Å²) < 4.78 is 0. The first-order chi connectivity index (χ1) is 14.0. The standard InChI is InChI=1S/C20H21N5O3S/c1-3-16-12-17-18(21-13(2)22-19(17)29-16)23-8-10-24(11-9-23)20(26)14-4-6-15(7-5-14)25(27)28/h4-7,12H,3,8-11H2,1-2H3. The number of benzene rings is 1. The molecular weight excluding hydrogens is 390 g/mol. The molecule has 0 atom stereocenters. The third-order valence-electron chi connectivity index (χ3n) is 5.08. The van der Waals surface area contributed by atoms with Crippen molar-refractivity contribution in [2.45, 2.75) is 20.3 Å². The second kappa shape index (κ2) is 7.75. The molecule has 3 aromatic rings. The molecule has 0 radical (unpaired) electrons. The number of nitro groups is 1. The molecule has 0 N–H and O–H groups in total. The third kappa shape index (κ3) is 3.77. The molecule has 9 heteroatoms. The van der Waals surface area contributed by atoms with Crippen LogP contribution in [0.5, 0.6) is 0 Å². The molecule has 2 aromatic heterocycles. The minimum Gasteiger partial charge on any atom is -0.352 e. The predicted molar refractivity (Wildman–Crippen MR) is 113 cm³/mol. The number of anilines is 1. The van der Waals surface area contributed by atoms with Gasteiger partial charge < -0.3 is 9.80 Å². The van der Waals surface area contributed by atoms with Crippen molar-refractivity contribution in [1.29, 1.82) is 0 Å². The van der Waals surface area contributed by atoms with Gasteiger partial charge in [0.1, 0.15) is 16.5 Å². The Bertz CT molecular complexity index is 1070. The second-order valence-corrected chi connectivity index (χ2v) is 8.08. The molecule has 4 rings (SSSR count). The highest BCUT2D eigenvalue weighted by molar-refractivity contribution is 7.18. The maximum absolute atomic E-state index is 12.7. The molecule has 0 bridgehead atoms. The zero-order valence-electron chi connectivity index (χ0n) is 16.3. The number of nitro benzene ring substituents is 1. The number of hydrogen-bond donors (Lipinski definition) is 0. The maximum atomic E-state index is 12.7. The average molecular weight is 411 g/mol. The van der Waals surface area contributed by atoms with E-state index in [1.165, 1.54) is 29.1 Å². The summed E-state index contributed by atoms with van der Waals surface area (Å²) in [5, 5.41) is 11.9. The average Bonchev–Trinajstić information content (AvgIpc) is 3.16. The molecule has 0 aliphatic carbocycles. The molecule has 0 saturated carbocycles. The molecule has 1 aliphatic rings. The van der Waals surface area contributed by atoms with E-state index in [2.05, 4.69) is 27.9 Å². The van der Waals surface area contributed by atoms with E-state index in [1.54, 1.807) is 16.2 Å². The molecule has 1 aromatic carbocycles. The predicted octanol–water partition coefficient (Wildman–Crippen LogP) is 3.43. The van der Waals surface area contributed by atoms with E-state index in [4.69, 9.17) is 0 Å². The van der Waals surface area contributed by atoms with Gasteiger partial charge in [0, 0.05) is 48.8 Å². The number of fused-ring (bicyclic) bond motifs is 1. The van der Waals surface area contributed by atoms with Crippen molar-refractivity contribution in [2.75, 3.05) is 31.1 Å². The lowest BCUT2D eigenvalue weighted by molar-refractivity contribution is -0.384. The van der Waals surface area contributed by atoms with Gasteiger partial charge >= 0.3 is 0 Å². The maximum Gasteiger partial charge on any atom is 0.269 e. The fourth-order valence-electron chi connectivity index (χ4n) is 3.50. The number of carbonyl (C=O) groups is 1. The first kappa shape index (κ1) is 19.3. The van der Waals surface area contributed by atoms with Crippen LogP contribution in [-0.4, -0.2) is 51.9 Å². The van der Waals surface area contributed by atoms with E-state index < -0.39 is 4.92 Å². The molecule has 1 saturated heterocycles. The van der Waals surface area contributed by atoms with Gasteiger partial charge in [-0.3, -0.25) is 14.9 Å². The van der Waals surface area contributed by atoms with Gasteiger partial charge in [-0.1, -0.05) is 6.92 Å². The Kier molecular flexibility index (Phi) is 5.14. The number of amides is 1. The molecule has 0 unspecified atom stereocenters. The Morgan fingerprint density at radius 2 is 1.86 bits per heavy atom. The highest BCUT2D eigenvalue weighted by atomic mass is 32.1. The van der Waals surface area contributed by atoms with Gasteiger partial charge in [0.15, 0.2) is 0 Å². The fraction of sp³-hybridized carbons (Fsp3) is 0.350. The van der Waals surface area contributed by atoms with Crippen molar-refractivity contribution in [3.8, 4) is 0 Å². The Balaban J connectivity index is 1.49. The third-order valence-corrected chi connectivity index (χ3v) is 6.25. The van der Waals surface area contributed by atoms with E-state index >= 15 is 0 Å². The largest absolute Gasteiger partial charge is 0.352 e. The Morgan fingerprint density at radius 3 is 2.48 bits per heavy atom. The van der Waals surface area contributed by atoms with Crippen LogP contribution in [-0.2, 0) is 6.42 Å². The first-order valence-corrected chi connectivity index (χ1v) is 10.3. The number of hydrogen-bond acceptors (Lipinski definition) is 7. The normalized spacial score (nSPS) is 14.4. The van der Waals surface area contributed by atoms with Gasteiger partial charge in [-0.15, -0.1) is 11.3 Å². The summed E-state index contributed by atoms with van der Waals surface area (Å²) in [4.78, 5) is 38.6. The van der Waals surface area contributed by atoms with Gasteiger partial charge in [0.2, 0.25) is 0 Å². The van der Waals surface area contributed by atoms with E-state index in [0.717, 1.165) is 28.3 Å². The highest BCUT2D eigenvalue weighted by Crippen LogP contribution is 2.32. The molecule has 1 aliphatic heterocycles.